The van der Waals surface area contributed by atoms with Gasteiger partial charge in [0, 0.05) is 58.1 Å². The van der Waals surface area contributed by atoms with Crippen LogP contribution in [0, 0.1) is 0 Å². The summed E-state index contributed by atoms with van der Waals surface area (Å²) in [4.78, 5) is 2.10. The van der Waals surface area contributed by atoms with Crippen molar-refractivity contribution < 1.29 is 14.0 Å². The van der Waals surface area contributed by atoms with Gasteiger partial charge in [0.05, 0.1) is 6.54 Å². The summed E-state index contributed by atoms with van der Waals surface area (Å²) in [6, 6.07) is 12.8. The number of aromatic nitrogens is 1. The largest absolute Gasteiger partial charge is 0.378 e. The number of rotatable bonds is 13. The van der Waals surface area contributed by atoms with Crippen molar-refractivity contribution in [2.45, 2.75) is 33.1 Å². The summed E-state index contributed by atoms with van der Waals surface area (Å²) in [6.07, 6.45) is 9.20. The van der Waals surface area contributed by atoms with Crippen molar-refractivity contribution >= 4 is 35.2 Å². The summed E-state index contributed by atoms with van der Waals surface area (Å²) in [5.74, 6) is 0. The van der Waals surface area contributed by atoms with Gasteiger partial charge in [-0.1, -0.05) is 24.3 Å². The van der Waals surface area contributed by atoms with E-state index in [-0.39, 0.29) is 6.29 Å². The number of anilines is 1. The summed E-state index contributed by atoms with van der Waals surface area (Å²) < 4.78 is 13.2. The molecule has 1 heterocycles. The minimum absolute atomic E-state index is 0.273. The molecule has 0 aliphatic rings. The maximum absolute atomic E-state index is 5.50. The van der Waals surface area contributed by atoms with Crippen molar-refractivity contribution in [2.75, 3.05) is 45.3 Å². The second kappa shape index (κ2) is 14.6. The Morgan fingerprint density at radius 3 is 2.12 bits per heavy atom. The molecule has 2 N–H and O–H groups in total. The SMILES string of the molecule is CCOC(CNC(=S)NCCC[n+]1ccc(/C=C/c2ccc(N(C)C)cc2)cc1)OCC. The topological polar surface area (TPSA) is 49.6 Å². The Labute approximate surface area is 198 Å². The molecule has 174 valence electrons. The van der Waals surface area contributed by atoms with E-state index in [1.54, 1.807) is 0 Å². The lowest BCUT2D eigenvalue weighted by Gasteiger charge is -2.18. The summed E-state index contributed by atoms with van der Waals surface area (Å²) in [5, 5.41) is 7.01. The highest BCUT2D eigenvalue weighted by Gasteiger charge is 2.08. The molecule has 0 saturated carbocycles. The van der Waals surface area contributed by atoms with Crippen LogP contribution in [0.15, 0.2) is 48.8 Å². The van der Waals surface area contributed by atoms with Crippen molar-refractivity contribution in [3.63, 3.8) is 0 Å². The summed E-state index contributed by atoms with van der Waals surface area (Å²) >= 11 is 5.33. The molecule has 0 amide bonds. The van der Waals surface area contributed by atoms with Gasteiger partial charge < -0.3 is 25.0 Å². The summed E-state index contributed by atoms with van der Waals surface area (Å²) in [6.45, 7) is 7.39. The lowest BCUT2D eigenvalue weighted by Crippen LogP contribution is -2.42. The molecule has 0 spiro atoms. The Morgan fingerprint density at radius 2 is 1.56 bits per heavy atom. The molecule has 0 bridgehead atoms. The highest BCUT2D eigenvalue weighted by Crippen LogP contribution is 2.14. The fourth-order valence-corrected chi connectivity index (χ4v) is 3.23. The highest BCUT2D eigenvalue weighted by atomic mass is 32.1. The average Bonchev–Trinajstić information content (AvgIpc) is 2.80. The van der Waals surface area contributed by atoms with Crippen LogP contribution in [-0.2, 0) is 16.0 Å². The van der Waals surface area contributed by atoms with Gasteiger partial charge in [-0.2, -0.15) is 0 Å². The molecular weight excluding hydrogens is 420 g/mol. The van der Waals surface area contributed by atoms with E-state index >= 15 is 0 Å². The highest BCUT2D eigenvalue weighted by molar-refractivity contribution is 7.80. The van der Waals surface area contributed by atoms with Crippen LogP contribution < -0.4 is 20.1 Å². The number of ether oxygens (including phenoxy) is 2. The minimum atomic E-state index is -0.273. The van der Waals surface area contributed by atoms with E-state index in [1.807, 2.05) is 27.9 Å². The average molecular weight is 458 g/mol. The molecule has 0 radical (unpaired) electrons. The Morgan fingerprint density at radius 1 is 0.969 bits per heavy atom. The summed E-state index contributed by atoms with van der Waals surface area (Å²) in [7, 11) is 4.10. The number of aryl methyl sites for hydroxylation is 1. The van der Waals surface area contributed by atoms with Crippen LogP contribution in [0.2, 0.25) is 0 Å². The van der Waals surface area contributed by atoms with Crippen LogP contribution in [0.3, 0.4) is 0 Å². The van der Waals surface area contributed by atoms with Crippen LogP contribution >= 0.6 is 12.2 Å². The maximum Gasteiger partial charge on any atom is 0.174 e. The third-order valence-corrected chi connectivity index (χ3v) is 5.10. The van der Waals surface area contributed by atoms with E-state index < -0.39 is 0 Å². The predicted octanol–water partition coefficient (Wildman–Crippen LogP) is 3.46. The first-order valence-corrected chi connectivity index (χ1v) is 11.6. The van der Waals surface area contributed by atoms with Gasteiger partial charge in [0.1, 0.15) is 6.54 Å². The van der Waals surface area contributed by atoms with Crippen LogP contribution in [0.4, 0.5) is 5.69 Å². The second-order valence-corrected chi connectivity index (χ2v) is 7.93. The predicted molar refractivity (Wildman–Crippen MR) is 137 cm³/mol. The molecule has 2 rings (SSSR count). The third kappa shape index (κ3) is 9.77. The van der Waals surface area contributed by atoms with Gasteiger partial charge >= 0.3 is 0 Å². The molecule has 2 aromatic rings. The number of nitrogens with one attached hydrogen (secondary N) is 2. The quantitative estimate of drug-likeness (QED) is 0.208. The standard InChI is InChI=1S/C25H36N4O2S/c1-5-30-24(31-6-2)20-27-25(32)26-16-7-17-29-18-14-22(15-19-29)9-8-21-10-12-23(13-11-21)28(3)4/h8-15,18-19,24H,5-7,16-17,20H2,1-4H3,(H-,26,27,32)/p+1. The molecule has 0 unspecified atom stereocenters. The fraction of sp³-hybridized carbons (Fsp3) is 0.440. The van der Waals surface area contributed by atoms with Gasteiger partial charge in [-0.15, -0.1) is 0 Å². The number of hydrogen-bond acceptors (Lipinski definition) is 4. The first-order valence-electron chi connectivity index (χ1n) is 11.2. The Balaban J connectivity index is 1.69. The van der Waals surface area contributed by atoms with E-state index in [4.69, 9.17) is 21.7 Å². The lowest BCUT2D eigenvalue weighted by atomic mass is 10.1. The molecule has 0 aliphatic heterocycles. The van der Waals surface area contributed by atoms with Gasteiger partial charge in [-0.05, 0) is 49.3 Å². The van der Waals surface area contributed by atoms with Crippen LogP contribution in [-0.4, -0.2) is 51.8 Å². The van der Waals surface area contributed by atoms with Gasteiger partial charge in [-0.25, -0.2) is 4.57 Å². The number of benzene rings is 1. The number of thiocarbonyl (C=S) groups is 1. The number of pyridine rings is 1. The Bertz CT molecular complexity index is 817. The van der Waals surface area contributed by atoms with Crippen molar-refractivity contribution in [2.24, 2.45) is 0 Å². The molecule has 32 heavy (non-hydrogen) atoms. The van der Waals surface area contributed by atoms with Gasteiger partial charge in [0.25, 0.3) is 0 Å². The number of nitrogens with zero attached hydrogens (tertiary/aromatic N) is 2. The Hall–Kier alpha value is -2.48. The van der Waals surface area contributed by atoms with Crippen molar-refractivity contribution in [3.8, 4) is 0 Å². The van der Waals surface area contributed by atoms with E-state index in [1.165, 1.54) is 16.8 Å². The smallest absolute Gasteiger partial charge is 0.174 e. The fourth-order valence-electron chi connectivity index (χ4n) is 3.04. The zero-order valence-electron chi connectivity index (χ0n) is 19.7. The summed E-state index contributed by atoms with van der Waals surface area (Å²) in [5.41, 5.74) is 3.57. The third-order valence-electron chi connectivity index (χ3n) is 4.81. The van der Waals surface area contributed by atoms with Crippen LogP contribution in [0.1, 0.15) is 31.4 Å². The Kier molecular flexibility index (Phi) is 11.7. The van der Waals surface area contributed by atoms with Gasteiger partial charge in [0.2, 0.25) is 0 Å². The monoisotopic (exact) mass is 457 g/mol. The normalized spacial score (nSPS) is 11.2. The van der Waals surface area contributed by atoms with Gasteiger partial charge in [0.15, 0.2) is 23.8 Å². The van der Waals surface area contributed by atoms with Crippen molar-refractivity contribution in [3.05, 3.63) is 59.9 Å². The van der Waals surface area contributed by atoms with Crippen molar-refractivity contribution in [1.82, 2.24) is 10.6 Å². The zero-order valence-corrected chi connectivity index (χ0v) is 20.5. The lowest BCUT2D eigenvalue weighted by molar-refractivity contribution is -0.697. The zero-order chi connectivity index (χ0) is 23.2. The van der Waals surface area contributed by atoms with Gasteiger partial charge in [-0.3, -0.25) is 0 Å². The van der Waals surface area contributed by atoms with E-state index in [2.05, 4.69) is 81.0 Å². The molecule has 0 fully saturated rings. The molecule has 0 aliphatic carbocycles. The molecule has 7 heteroatoms. The number of hydrogen-bond donors (Lipinski definition) is 2. The molecule has 0 saturated heterocycles. The minimum Gasteiger partial charge on any atom is -0.378 e. The maximum atomic E-state index is 5.50. The second-order valence-electron chi connectivity index (χ2n) is 7.52. The van der Waals surface area contributed by atoms with Crippen LogP contribution in [0.5, 0.6) is 0 Å². The first kappa shape index (κ1) is 25.8. The molecule has 1 aromatic carbocycles. The van der Waals surface area contributed by atoms with Crippen LogP contribution in [0.25, 0.3) is 12.2 Å². The molecule has 6 nitrogen and oxygen atoms in total. The van der Waals surface area contributed by atoms with Crippen molar-refractivity contribution in [1.29, 1.82) is 0 Å². The van der Waals surface area contributed by atoms with E-state index in [0.717, 1.165) is 19.5 Å². The van der Waals surface area contributed by atoms with E-state index in [9.17, 15) is 0 Å². The molecule has 0 atom stereocenters. The molecular formula is C25H37N4O2S+. The first-order chi connectivity index (χ1) is 15.5. The molecule has 1 aromatic heterocycles. The van der Waals surface area contributed by atoms with E-state index in [0.29, 0.717) is 24.9 Å².